The summed E-state index contributed by atoms with van der Waals surface area (Å²) in [6.45, 7) is 5.46. The predicted molar refractivity (Wildman–Crippen MR) is 81.2 cm³/mol. The molecule has 0 saturated carbocycles. The zero-order chi connectivity index (χ0) is 14.7. The fraction of sp³-hybridized carbons (Fsp3) is 0.250. The van der Waals surface area contributed by atoms with Gasteiger partial charge in [0.2, 0.25) is 0 Å². The third-order valence-corrected chi connectivity index (χ3v) is 3.45. The maximum Gasteiger partial charge on any atom is 0.119 e. The standard InChI is InChI=1S/C16H18N4O/c1-12-16(13(2)19-18-12)14-3-5-15(6-4-14)21-10-9-20-8-7-17-11-20/h3-8,11H,9-10H2,1-2H3,(H,18,19). The monoisotopic (exact) mass is 282 g/mol. The van der Waals surface area contributed by atoms with Crippen LogP contribution in [0.5, 0.6) is 5.75 Å². The number of aromatic nitrogens is 4. The Morgan fingerprint density at radius 1 is 1.19 bits per heavy atom. The molecule has 0 atom stereocenters. The van der Waals surface area contributed by atoms with Gasteiger partial charge >= 0.3 is 0 Å². The van der Waals surface area contributed by atoms with Crippen molar-refractivity contribution < 1.29 is 4.74 Å². The van der Waals surface area contributed by atoms with Crippen LogP contribution >= 0.6 is 0 Å². The molecule has 1 aromatic carbocycles. The molecule has 5 nitrogen and oxygen atoms in total. The summed E-state index contributed by atoms with van der Waals surface area (Å²) in [4.78, 5) is 4.00. The highest BCUT2D eigenvalue weighted by Gasteiger charge is 2.08. The number of nitrogens with one attached hydrogen (secondary N) is 1. The average Bonchev–Trinajstić information content (AvgIpc) is 3.11. The second-order valence-corrected chi connectivity index (χ2v) is 4.98. The van der Waals surface area contributed by atoms with Gasteiger partial charge in [-0.3, -0.25) is 5.10 Å². The summed E-state index contributed by atoms with van der Waals surface area (Å²) in [5.41, 5.74) is 4.42. The van der Waals surface area contributed by atoms with E-state index in [1.165, 1.54) is 5.56 Å². The first kappa shape index (κ1) is 13.4. The van der Waals surface area contributed by atoms with Crippen molar-refractivity contribution in [2.75, 3.05) is 6.61 Å². The number of H-pyrrole nitrogens is 1. The molecule has 0 aliphatic rings. The topological polar surface area (TPSA) is 55.7 Å². The number of ether oxygens (including phenoxy) is 1. The van der Waals surface area contributed by atoms with E-state index < -0.39 is 0 Å². The van der Waals surface area contributed by atoms with E-state index in [1.54, 1.807) is 12.5 Å². The Morgan fingerprint density at radius 3 is 2.62 bits per heavy atom. The summed E-state index contributed by atoms with van der Waals surface area (Å²) >= 11 is 0. The van der Waals surface area contributed by atoms with Crippen molar-refractivity contribution in [3.63, 3.8) is 0 Å². The molecular weight excluding hydrogens is 264 g/mol. The van der Waals surface area contributed by atoms with Gasteiger partial charge in [0.05, 0.1) is 18.6 Å². The summed E-state index contributed by atoms with van der Waals surface area (Å²) < 4.78 is 7.73. The van der Waals surface area contributed by atoms with Crippen LogP contribution in [0.3, 0.4) is 0 Å². The third-order valence-electron chi connectivity index (χ3n) is 3.45. The van der Waals surface area contributed by atoms with Crippen LogP contribution in [0, 0.1) is 13.8 Å². The van der Waals surface area contributed by atoms with Crippen molar-refractivity contribution in [3.05, 3.63) is 54.4 Å². The van der Waals surface area contributed by atoms with Gasteiger partial charge in [0.1, 0.15) is 12.4 Å². The molecule has 2 aromatic heterocycles. The third kappa shape index (κ3) is 2.97. The van der Waals surface area contributed by atoms with Crippen molar-refractivity contribution in [1.29, 1.82) is 0 Å². The highest BCUT2D eigenvalue weighted by Crippen LogP contribution is 2.26. The van der Waals surface area contributed by atoms with Crippen LogP contribution in [0.15, 0.2) is 43.0 Å². The van der Waals surface area contributed by atoms with E-state index in [0.717, 1.165) is 29.2 Å². The smallest absolute Gasteiger partial charge is 0.119 e. The molecule has 0 unspecified atom stereocenters. The number of aryl methyl sites for hydroxylation is 2. The predicted octanol–water partition coefficient (Wildman–Crippen LogP) is 2.97. The van der Waals surface area contributed by atoms with Crippen molar-refractivity contribution in [2.24, 2.45) is 0 Å². The van der Waals surface area contributed by atoms with E-state index in [4.69, 9.17) is 4.74 Å². The molecular formula is C16H18N4O. The first-order valence-electron chi connectivity index (χ1n) is 6.94. The maximum atomic E-state index is 5.74. The van der Waals surface area contributed by atoms with Crippen LogP contribution in [-0.2, 0) is 6.54 Å². The molecule has 5 heteroatoms. The Labute approximate surface area is 123 Å². The van der Waals surface area contributed by atoms with Gasteiger partial charge in [-0.2, -0.15) is 5.10 Å². The number of aromatic amines is 1. The number of benzene rings is 1. The van der Waals surface area contributed by atoms with Crippen molar-refractivity contribution in [2.45, 2.75) is 20.4 Å². The molecule has 0 radical (unpaired) electrons. The van der Waals surface area contributed by atoms with Gasteiger partial charge in [0.25, 0.3) is 0 Å². The van der Waals surface area contributed by atoms with E-state index in [2.05, 4.69) is 27.3 Å². The maximum absolute atomic E-state index is 5.74. The number of rotatable bonds is 5. The van der Waals surface area contributed by atoms with Crippen LogP contribution in [-0.4, -0.2) is 26.4 Å². The van der Waals surface area contributed by atoms with Gasteiger partial charge in [-0.15, -0.1) is 0 Å². The van der Waals surface area contributed by atoms with E-state index in [1.807, 2.05) is 36.7 Å². The second kappa shape index (κ2) is 5.83. The minimum atomic E-state index is 0.624. The van der Waals surface area contributed by atoms with E-state index in [9.17, 15) is 0 Å². The van der Waals surface area contributed by atoms with E-state index in [-0.39, 0.29) is 0 Å². The largest absolute Gasteiger partial charge is 0.492 e. The van der Waals surface area contributed by atoms with Gasteiger partial charge in [-0.05, 0) is 31.5 Å². The Balaban J connectivity index is 1.64. The van der Waals surface area contributed by atoms with Crippen LogP contribution in [0.2, 0.25) is 0 Å². The summed E-state index contributed by atoms with van der Waals surface area (Å²) in [5.74, 6) is 0.873. The number of hydrogen-bond donors (Lipinski definition) is 1. The van der Waals surface area contributed by atoms with Gasteiger partial charge in [0, 0.05) is 23.7 Å². The molecule has 21 heavy (non-hydrogen) atoms. The van der Waals surface area contributed by atoms with Gasteiger partial charge in [0.15, 0.2) is 0 Å². The number of imidazole rings is 1. The second-order valence-electron chi connectivity index (χ2n) is 4.98. The Hall–Kier alpha value is -2.56. The normalized spacial score (nSPS) is 10.8. The van der Waals surface area contributed by atoms with Gasteiger partial charge in [-0.25, -0.2) is 4.98 Å². The Kier molecular flexibility index (Phi) is 3.73. The van der Waals surface area contributed by atoms with E-state index in [0.29, 0.717) is 6.61 Å². The Morgan fingerprint density at radius 2 is 2.00 bits per heavy atom. The molecule has 0 saturated heterocycles. The van der Waals surface area contributed by atoms with Gasteiger partial charge < -0.3 is 9.30 Å². The highest BCUT2D eigenvalue weighted by molar-refractivity contribution is 5.68. The summed E-state index contributed by atoms with van der Waals surface area (Å²) in [7, 11) is 0. The molecule has 0 fully saturated rings. The molecule has 0 aliphatic heterocycles. The number of hydrogen-bond acceptors (Lipinski definition) is 3. The lowest BCUT2D eigenvalue weighted by Crippen LogP contribution is -2.06. The zero-order valence-electron chi connectivity index (χ0n) is 12.2. The minimum absolute atomic E-state index is 0.624. The fourth-order valence-electron chi connectivity index (χ4n) is 2.38. The highest BCUT2D eigenvalue weighted by atomic mass is 16.5. The zero-order valence-corrected chi connectivity index (χ0v) is 12.2. The lowest BCUT2D eigenvalue weighted by Gasteiger charge is -2.08. The van der Waals surface area contributed by atoms with E-state index >= 15 is 0 Å². The van der Waals surface area contributed by atoms with Gasteiger partial charge in [-0.1, -0.05) is 12.1 Å². The average molecular weight is 282 g/mol. The molecule has 3 rings (SSSR count). The summed E-state index contributed by atoms with van der Waals surface area (Å²) in [5, 5.41) is 7.24. The van der Waals surface area contributed by atoms with Crippen LogP contribution in [0.4, 0.5) is 0 Å². The molecule has 3 aromatic rings. The lowest BCUT2D eigenvalue weighted by molar-refractivity contribution is 0.298. The summed E-state index contributed by atoms with van der Waals surface area (Å²) in [6.07, 6.45) is 5.48. The van der Waals surface area contributed by atoms with Crippen LogP contribution < -0.4 is 4.74 Å². The first-order valence-corrected chi connectivity index (χ1v) is 6.94. The molecule has 108 valence electrons. The van der Waals surface area contributed by atoms with Crippen molar-refractivity contribution in [3.8, 4) is 16.9 Å². The molecule has 0 spiro atoms. The molecule has 1 N–H and O–H groups in total. The van der Waals surface area contributed by atoms with Crippen molar-refractivity contribution in [1.82, 2.24) is 19.7 Å². The van der Waals surface area contributed by atoms with Crippen molar-refractivity contribution >= 4 is 0 Å². The molecule has 2 heterocycles. The molecule has 0 aliphatic carbocycles. The SMILES string of the molecule is Cc1n[nH]c(C)c1-c1ccc(OCCn2ccnc2)cc1. The quantitative estimate of drug-likeness (QED) is 0.782. The first-order chi connectivity index (χ1) is 10.2. The lowest BCUT2D eigenvalue weighted by atomic mass is 10.0. The number of nitrogens with zero attached hydrogens (tertiary/aromatic N) is 3. The summed E-state index contributed by atoms with van der Waals surface area (Å²) in [6, 6.07) is 8.12. The molecule has 0 amide bonds. The molecule has 0 bridgehead atoms. The van der Waals surface area contributed by atoms with Crippen LogP contribution in [0.1, 0.15) is 11.4 Å². The fourth-order valence-corrected chi connectivity index (χ4v) is 2.38. The minimum Gasteiger partial charge on any atom is -0.492 e. The van der Waals surface area contributed by atoms with Crippen LogP contribution in [0.25, 0.3) is 11.1 Å². The Bertz CT molecular complexity index is 679.